The summed E-state index contributed by atoms with van der Waals surface area (Å²) in [4.78, 5) is 11.4. The Labute approximate surface area is 84.9 Å². The minimum absolute atomic E-state index is 0.268. The molecule has 0 aromatic heterocycles. The number of carbonyl (C=O) groups is 1. The van der Waals surface area contributed by atoms with Gasteiger partial charge < -0.3 is 4.74 Å². The summed E-state index contributed by atoms with van der Waals surface area (Å²) in [7, 11) is 0. The van der Waals surface area contributed by atoms with Crippen LogP contribution >= 0.6 is 11.6 Å². The Bertz CT molecular complexity index is 201. The molecule has 0 aromatic rings. The Morgan fingerprint density at radius 1 is 1.46 bits per heavy atom. The average molecular weight is 205 g/mol. The van der Waals surface area contributed by atoms with E-state index in [1.165, 1.54) is 0 Å². The van der Waals surface area contributed by atoms with E-state index in [0.29, 0.717) is 17.9 Å². The largest absolute Gasteiger partial charge is 0.457 e. The van der Waals surface area contributed by atoms with Gasteiger partial charge in [-0.1, -0.05) is 6.08 Å². The topological polar surface area (TPSA) is 26.3 Å². The van der Waals surface area contributed by atoms with Crippen molar-refractivity contribution in [3.05, 3.63) is 11.6 Å². The molecule has 0 aliphatic heterocycles. The van der Waals surface area contributed by atoms with Crippen molar-refractivity contribution in [2.45, 2.75) is 39.7 Å². The van der Waals surface area contributed by atoms with Crippen LogP contribution in [0.2, 0.25) is 0 Å². The van der Waals surface area contributed by atoms with Crippen LogP contribution in [-0.2, 0) is 9.53 Å². The third kappa shape index (κ3) is 5.69. The number of halogens is 1. The highest BCUT2D eigenvalue weighted by Gasteiger charge is 2.18. The van der Waals surface area contributed by atoms with Crippen LogP contribution in [0.4, 0.5) is 0 Å². The zero-order valence-electron chi connectivity index (χ0n) is 8.69. The maximum Gasteiger partial charge on any atom is 0.334 e. The van der Waals surface area contributed by atoms with Crippen LogP contribution in [-0.4, -0.2) is 17.5 Å². The lowest BCUT2D eigenvalue weighted by Crippen LogP contribution is -2.25. The molecule has 0 unspecified atom stereocenters. The standard InChI is InChI=1S/C10H17ClO2/c1-5-8(6-7-11)9(12)13-10(2,3)4/h5H,6-7H2,1-4H3. The molecule has 3 heteroatoms. The molecule has 0 bridgehead atoms. The van der Waals surface area contributed by atoms with Crippen LogP contribution in [0, 0.1) is 0 Å². The van der Waals surface area contributed by atoms with E-state index in [4.69, 9.17) is 16.3 Å². The average Bonchev–Trinajstić information content (AvgIpc) is 1.96. The quantitative estimate of drug-likeness (QED) is 0.402. The lowest BCUT2D eigenvalue weighted by Gasteiger charge is -2.20. The first kappa shape index (κ1) is 12.5. The van der Waals surface area contributed by atoms with Gasteiger partial charge in [-0.3, -0.25) is 0 Å². The Balaban J connectivity index is 4.24. The monoisotopic (exact) mass is 204 g/mol. The van der Waals surface area contributed by atoms with Gasteiger partial charge in [-0.15, -0.1) is 11.6 Å². The SMILES string of the molecule is CC=C(CCCl)C(=O)OC(C)(C)C. The zero-order chi connectivity index (χ0) is 10.5. The second-order valence-electron chi connectivity index (χ2n) is 3.75. The van der Waals surface area contributed by atoms with Gasteiger partial charge in [0.1, 0.15) is 5.60 Å². The van der Waals surface area contributed by atoms with Gasteiger partial charge in [0.2, 0.25) is 0 Å². The van der Waals surface area contributed by atoms with Crippen molar-refractivity contribution in [1.29, 1.82) is 0 Å². The van der Waals surface area contributed by atoms with Crippen molar-refractivity contribution in [2.24, 2.45) is 0 Å². The van der Waals surface area contributed by atoms with Gasteiger partial charge in [0.15, 0.2) is 0 Å². The van der Waals surface area contributed by atoms with Crippen molar-refractivity contribution < 1.29 is 9.53 Å². The fourth-order valence-corrected chi connectivity index (χ4v) is 1.01. The highest BCUT2D eigenvalue weighted by atomic mass is 35.5. The van der Waals surface area contributed by atoms with Crippen LogP contribution in [0.25, 0.3) is 0 Å². The van der Waals surface area contributed by atoms with Crippen LogP contribution in [0.15, 0.2) is 11.6 Å². The van der Waals surface area contributed by atoms with Gasteiger partial charge in [0.05, 0.1) is 0 Å². The van der Waals surface area contributed by atoms with E-state index >= 15 is 0 Å². The number of alkyl halides is 1. The predicted molar refractivity (Wildman–Crippen MR) is 54.9 cm³/mol. The number of ether oxygens (including phenoxy) is 1. The Morgan fingerprint density at radius 2 is 2.00 bits per heavy atom. The lowest BCUT2D eigenvalue weighted by atomic mass is 10.1. The van der Waals surface area contributed by atoms with Gasteiger partial charge in [-0.25, -0.2) is 4.79 Å². The third-order valence-corrected chi connectivity index (χ3v) is 1.56. The van der Waals surface area contributed by atoms with Crippen LogP contribution in [0.1, 0.15) is 34.1 Å². The zero-order valence-corrected chi connectivity index (χ0v) is 9.44. The van der Waals surface area contributed by atoms with E-state index in [2.05, 4.69) is 0 Å². The van der Waals surface area contributed by atoms with Crippen molar-refractivity contribution >= 4 is 17.6 Å². The number of allylic oxidation sites excluding steroid dienone is 1. The molecule has 0 radical (unpaired) electrons. The van der Waals surface area contributed by atoms with Gasteiger partial charge in [-0.05, 0) is 34.1 Å². The molecule has 0 rings (SSSR count). The summed E-state index contributed by atoms with van der Waals surface area (Å²) in [5, 5.41) is 0. The highest BCUT2D eigenvalue weighted by molar-refractivity contribution is 6.18. The molecule has 0 aromatic carbocycles. The number of hydrogen-bond donors (Lipinski definition) is 0. The molecule has 0 saturated heterocycles. The maximum absolute atomic E-state index is 11.4. The number of carbonyl (C=O) groups excluding carboxylic acids is 1. The lowest BCUT2D eigenvalue weighted by molar-refractivity contribution is -0.150. The second kappa shape index (κ2) is 5.28. The summed E-state index contributed by atoms with van der Waals surface area (Å²) in [5.41, 5.74) is 0.211. The van der Waals surface area contributed by atoms with Crippen molar-refractivity contribution in [2.75, 3.05) is 5.88 Å². The molecule has 0 atom stereocenters. The van der Waals surface area contributed by atoms with E-state index in [-0.39, 0.29) is 5.97 Å². The number of hydrogen-bond acceptors (Lipinski definition) is 2. The summed E-state index contributed by atoms with van der Waals surface area (Å²) in [6, 6.07) is 0. The van der Waals surface area contributed by atoms with Gasteiger partial charge in [-0.2, -0.15) is 0 Å². The van der Waals surface area contributed by atoms with E-state index < -0.39 is 5.60 Å². The molecule has 2 nitrogen and oxygen atoms in total. The van der Waals surface area contributed by atoms with E-state index in [1.807, 2.05) is 27.7 Å². The summed E-state index contributed by atoms with van der Waals surface area (Å²) in [6.07, 6.45) is 2.31. The molecule has 0 N–H and O–H groups in total. The van der Waals surface area contributed by atoms with Gasteiger partial charge in [0.25, 0.3) is 0 Å². The van der Waals surface area contributed by atoms with Crippen molar-refractivity contribution in [3.8, 4) is 0 Å². The third-order valence-electron chi connectivity index (χ3n) is 1.37. The summed E-state index contributed by atoms with van der Waals surface area (Å²) in [6.45, 7) is 7.35. The maximum atomic E-state index is 11.4. The molecule has 0 aliphatic rings. The summed E-state index contributed by atoms with van der Waals surface area (Å²) in [5.74, 6) is 0.175. The number of rotatable bonds is 3. The van der Waals surface area contributed by atoms with E-state index in [1.54, 1.807) is 6.08 Å². The van der Waals surface area contributed by atoms with E-state index in [0.717, 1.165) is 0 Å². The van der Waals surface area contributed by atoms with Crippen molar-refractivity contribution in [3.63, 3.8) is 0 Å². The number of esters is 1. The Kier molecular flexibility index (Phi) is 5.07. The van der Waals surface area contributed by atoms with Crippen LogP contribution in [0.3, 0.4) is 0 Å². The highest BCUT2D eigenvalue weighted by Crippen LogP contribution is 2.13. The fourth-order valence-electron chi connectivity index (χ4n) is 0.810. The molecule has 0 spiro atoms. The van der Waals surface area contributed by atoms with Crippen molar-refractivity contribution in [1.82, 2.24) is 0 Å². The molecule has 0 saturated carbocycles. The summed E-state index contributed by atoms with van der Waals surface area (Å²) < 4.78 is 5.18. The normalized spacial score (nSPS) is 12.8. The second-order valence-corrected chi connectivity index (χ2v) is 4.13. The molecular weight excluding hydrogens is 188 g/mol. The summed E-state index contributed by atoms with van der Waals surface area (Å²) >= 11 is 5.54. The Morgan fingerprint density at radius 3 is 2.31 bits per heavy atom. The minimum Gasteiger partial charge on any atom is -0.457 e. The first-order valence-electron chi connectivity index (χ1n) is 4.35. The molecule has 76 valence electrons. The Hall–Kier alpha value is -0.500. The van der Waals surface area contributed by atoms with Crippen LogP contribution in [0.5, 0.6) is 0 Å². The predicted octanol–water partition coefficient (Wildman–Crippen LogP) is 2.90. The molecule has 0 heterocycles. The molecular formula is C10H17ClO2. The van der Waals surface area contributed by atoms with Gasteiger partial charge in [0, 0.05) is 11.5 Å². The molecule has 13 heavy (non-hydrogen) atoms. The van der Waals surface area contributed by atoms with E-state index in [9.17, 15) is 4.79 Å². The van der Waals surface area contributed by atoms with Gasteiger partial charge >= 0.3 is 5.97 Å². The first-order valence-corrected chi connectivity index (χ1v) is 4.88. The first-order chi connectivity index (χ1) is 5.90. The fraction of sp³-hybridized carbons (Fsp3) is 0.700. The minimum atomic E-state index is -0.433. The molecule has 0 fully saturated rings. The van der Waals surface area contributed by atoms with Crippen LogP contribution < -0.4 is 0 Å². The molecule has 0 aliphatic carbocycles. The smallest absolute Gasteiger partial charge is 0.334 e. The molecule has 0 amide bonds.